The van der Waals surface area contributed by atoms with Crippen LogP contribution in [-0.4, -0.2) is 35.5 Å². The molecule has 0 unspecified atom stereocenters. The topological polar surface area (TPSA) is 84.3 Å². The summed E-state index contributed by atoms with van der Waals surface area (Å²) < 4.78 is 21.9. The van der Waals surface area contributed by atoms with Crippen LogP contribution >= 0.6 is 11.8 Å². The van der Waals surface area contributed by atoms with Crippen molar-refractivity contribution in [1.82, 2.24) is 4.98 Å². The van der Waals surface area contributed by atoms with E-state index >= 15 is 0 Å². The lowest BCUT2D eigenvalue weighted by molar-refractivity contribution is -0.138. The summed E-state index contributed by atoms with van der Waals surface area (Å²) in [6, 6.07) is 2.93. The van der Waals surface area contributed by atoms with Crippen LogP contribution in [-0.2, 0) is 14.6 Å². The van der Waals surface area contributed by atoms with Crippen LogP contribution < -0.4 is 0 Å². The number of sulfone groups is 1. The molecule has 0 aromatic carbocycles. The Morgan fingerprint density at radius 1 is 1.47 bits per heavy atom. The first-order valence-corrected chi connectivity index (χ1v) is 7.43. The Kier molecular flexibility index (Phi) is 3.83. The third-order valence-corrected chi connectivity index (χ3v) is 4.46. The second kappa shape index (κ2) is 4.66. The first kappa shape index (κ1) is 14.0. The van der Waals surface area contributed by atoms with E-state index in [1.54, 1.807) is 0 Å². The van der Waals surface area contributed by atoms with Crippen LogP contribution in [0, 0.1) is 0 Å². The molecular weight excluding hydrogens is 262 g/mol. The monoisotopic (exact) mass is 275 g/mol. The van der Waals surface area contributed by atoms with E-state index in [1.165, 1.54) is 32.2 Å². The molecule has 94 valence electrons. The zero-order valence-electron chi connectivity index (χ0n) is 9.67. The number of thioether (sulfide) groups is 1. The number of carboxylic acid groups (broad SMARTS) is 1. The van der Waals surface area contributed by atoms with E-state index < -0.39 is 20.6 Å². The summed E-state index contributed by atoms with van der Waals surface area (Å²) in [6.45, 7) is 3.00. The van der Waals surface area contributed by atoms with Gasteiger partial charge in [-0.1, -0.05) is 11.8 Å². The van der Waals surface area contributed by atoms with Crippen molar-refractivity contribution in [3.8, 4) is 0 Å². The Morgan fingerprint density at radius 3 is 2.53 bits per heavy atom. The second-order valence-corrected chi connectivity index (χ2v) is 7.59. The predicted molar refractivity (Wildman–Crippen MR) is 64.9 cm³/mol. The number of aromatic nitrogens is 1. The minimum atomic E-state index is -3.41. The first-order valence-electron chi connectivity index (χ1n) is 4.72. The Bertz CT molecular complexity index is 537. The van der Waals surface area contributed by atoms with Crippen LogP contribution in [0.5, 0.6) is 0 Å². The zero-order chi connectivity index (χ0) is 13.3. The number of carboxylic acids is 1. The summed E-state index contributed by atoms with van der Waals surface area (Å²) in [5.41, 5.74) is 0. The summed E-state index contributed by atoms with van der Waals surface area (Å²) in [4.78, 5) is 15.0. The van der Waals surface area contributed by atoms with Gasteiger partial charge >= 0.3 is 5.97 Å². The quantitative estimate of drug-likeness (QED) is 0.837. The molecule has 0 saturated carbocycles. The number of pyridine rings is 1. The maximum Gasteiger partial charge on any atom is 0.319 e. The van der Waals surface area contributed by atoms with Gasteiger partial charge in [-0.25, -0.2) is 13.4 Å². The maximum atomic E-state index is 11.5. The molecule has 1 heterocycles. The maximum absolute atomic E-state index is 11.5. The third-order valence-electron chi connectivity index (χ3n) is 2.00. The summed E-state index contributed by atoms with van der Waals surface area (Å²) in [5, 5.41) is 9.21. The standard InChI is InChI=1S/C10H13NO4S2/c1-10(2,9(12)13)16-8-7(17(3,14)15)5-4-6-11-8/h4-6H,1-3H3,(H,12,13). The molecule has 1 aromatic heterocycles. The van der Waals surface area contributed by atoms with Crippen molar-refractivity contribution in [3.63, 3.8) is 0 Å². The summed E-state index contributed by atoms with van der Waals surface area (Å²) in [5.74, 6) is -1.02. The molecule has 0 fully saturated rings. The average molecular weight is 275 g/mol. The molecule has 0 radical (unpaired) electrons. The molecule has 0 spiro atoms. The molecular formula is C10H13NO4S2. The fourth-order valence-electron chi connectivity index (χ4n) is 1.02. The summed E-state index contributed by atoms with van der Waals surface area (Å²) in [6.07, 6.45) is 2.51. The highest BCUT2D eigenvalue weighted by Gasteiger charge is 2.31. The van der Waals surface area contributed by atoms with Crippen molar-refractivity contribution in [2.24, 2.45) is 0 Å². The number of hydrogen-bond donors (Lipinski definition) is 1. The fourth-order valence-corrected chi connectivity index (χ4v) is 3.15. The van der Waals surface area contributed by atoms with Gasteiger partial charge < -0.3 is 5.11 Å². The average Bonchev–Trinajstić information content (AvgIpc) is 2.15. The molecule has 1 N–H and O–H groups in total. The van der Waals surface area contributed by atoms with Crippen molar-refractivity contribution in [2.75, 3.05) is 6.26 Å². The number of nitrogens with zero attached hydrogens (tertiary/aromatic N) is 1. The van der Waals surface area contributed by atoms with E-state index in [0.29, 0.717) is 0 Å². The van der Waals surface area contributed by atoms with Gasteiger partial charge in [-0.15, -0.1) is 0 Å². The molecule has 7 heteroatoms. The van der Waals surface area contributed by atoms with Crippen LogP contribution in [0.3, 0.4) is 0 Å². The lowest BCUT2D eigenvalue weighted by Crippen LogP contribution is -2.27. The van der Waals surface area contributed by atoms with Crippen molar-refractivity contribution in [3.05, 3.63) is 18.3 Å². The van der Waals surface area contributed by atoms with Gasteiger partial charge in [-0.3, -0.25) is 4.79 Å². The van der Waals surface area contributed by atoms with Gasteiger partial charge in [0, 0.05) is 12.5 Å². The van der Waals surface area contributed by atoms with Gasteiger partial charge in [0.05, 0.1) is 4.90 Å². The number of hydrogen-bond acceptors (Lipinski definition) is 5. The Morgan fingerprint density at radius 2 is 2.06 bits per heavy atom. The van der Waals surface area contributed by atoms with Crippen LogP contribution in [0.1, 0.15) is 13.8 Å². The predicted octanol–water partition coefficient (Wildman–Crippen LogP) is 1.44. The molecule has 0 saturated heterocycles. The number of rotatable bonds is 4. The minimum absolute atomic E-state index is 0.0549. The van der Waals surface area contributed by atoms with Gasteiger partial charge in [-0.2, -0.15) is 0 Å². The Hall–Kier alpha value is -1.08. The number of aliphatic carboxylic acids is 1. The normalized spacial score (nSPS) is 12.4. The summed E-state index contributed by atoms with van der Waals surface area (Å²) in [7, 11) is -3.41. The minimum Gasteiger partial charge on any atom is -0.480 e. The van der Waals surface area contributed by atoms with Crippen LogP contribution in [0.25, 0.3) is 0 Å². The van der Waals surface area contributed by atoms with E-state index in [-0.39, 0.29) is 9.92 Å². The second-order valence-electron chi connectivity index (χ2n) is 4.00. The van der Waals surface area contributed by atoms with Crippen LogP contribution in [0.15, 0.2) is 28.3 Å². The van der Waals surface area contributed by atoms with E-state index in [1.807, 2.05) is 0 Å². The molecule has 1 rings (SSSR count). The molecule has 5 nitrogen and oxygen atoms in total. The van der Waals surface area contributed by atoms with Crippen molar-refractivity contribution >= 4 is 27.6 Å². The Balaban J connectivity index is 3.21. The molecule has 0 aliphatic carbocycles. The Labute approximate surface area is 104 Å². The van der Waals surface area contributed by atoms with Crippen LogP contribution in [0.2, 0.25) is 0 Å². The zero-order valence-corrected chi connectivity index (χ0v) is 11.3. The van der Waals surface area contributed by atoms with E-state index in [4.69, 9.17) is 5.11 Å². The highest BCUT2D eigenvalue weighted by molar-refractivity contribution is 8.02. The van der Waals surface area contributed by atoms with Gasteiger partial charge in [-0.05, 0) is 26.0 Å². The number of carbonyl (C=O) groups is 1. The van der Waals surface area contributed by atoms with E-state index in [9.17, 15) is 13.2 Å². The highest BCUT2D eigenvalue weighted by atomic mass is 32.2. The van der Waals surface area contributed by atoms with E-state index in [0.717, 1.165) is 18.0 Å². The van der Waals surface area contributed by atoms with E-state index in [2.05, 4.69) is 4.98 Å². The van der Waals surface area contributed by atoms with Gasteiger partial charge in [0.25, 0.3) is 0 Å². The third kappa shape index (κ3) is 3.44. The molecule has 0 bridgehead atoms. The SMILES string of the molecule is CC(C)(Sc1ncccc1S(C)(=O)=O)C(=O)O. The molecule has 1 aromatic rings. The van der Waals surface area contributed by atoms with Gasteiger partial charge in [0.15, 0.2) is 9.84 Å². The molecule has 0 aliphatic rings. The smallest absolute Gasteiger partial charge is 0.319 e. The van der Waals surface area contributed by atoms with Crippen molar-refractivity contribution in [2.45, 2.75) is 28.5 Å². The first-order chi connectivity index (χ1) is 7.64. The lowest BCUT2D eigenvalue weighted by Gasteiger charge is -2.18. The summed E-state index contributed by atoms with van der Waals surface area (Å²) >= 11 is 0.918. The van der Waals surface area contributed by atoms with Gasteiger partial charge in [0.1, 0.15) is 9.77 Å². The highest BCUT2D eigenvalue weighted by Crippen LogP contribution is 2.34. The molecule has 0 amide bonds. The fraction of sp³-hybridized carbons (Fsp3) is 0.400. The van der Waals surface area contributed by atoms with Crippen molar-refractivity contribution in [1.29, 1.82) is 0 Å². The molecule has 0 aliphatic heterocycles. The van der Waals surface area contributed by atoms with Crippen LogP contribution in [0.4, 0.5) is 0 Å². The largest absolute Gasteiger partial charge is 0.480 e. The lowest BCUT2D eigenvalue weighted by atomic mass is 10.2. The molecule has 0 atom stereocenters. The molecule has 17 heavy (non-hydrogen) atoms. The van der Waals surface area contributed by atoms with Gasteiger partial charge in [0.2, 0.25) is 0 Å². The van der Waals surface area contributed by atoms with Crippen molar-refractivity contribution < 1.29 is 18.3 Å².